The summed E-state index contributed by atoms with van der Waals surface area (Å²) in [5, 5.41) is 9.17. The highest BCUT2D eigenvalue weighted by Crippen LogP contribution is 2.51. The lowest BCUT2D eigenvalue weighted by Gasteiger charge is -2.21. The van der Waals surface area contributed by atoms with Gasteiger partial charge >= 0.3 is 0 Å². The van der Waals surface area contributed by atoms with Gasteiger partial charge in [-0.1, -0.05) is 0 Å². The van der Waals surface area contributed by atoms with Crippen LogP contribution in [0.2, 0.25) is 0 Å². The van der Waals surface area contributed by atoms with Gasteiger partial charge in [0.25, 0.3) is 0 Å². The van der Waals surface area contributed by atoms with E-state index in [1.807, 2.05) is 12.1 Å². The quantitative estimate of drug-likeness (QED) is 0.794. The highest BCUT2D eigenvalue weighted by molar-refractivity contribution is 9.10. The summed E-state index contributed by atoms with van der Waals surface area (Å²) in [5.74, 6) is 1.50. The summed E-state index contributed by atoms with van der Waals surface area (Å²) in [6.07, 6.45) is 1.88. The molecule has 0 unspecified atom stereocenters. The topological polar surface area (TPSA) is 42.2 Å². The molecule has 1 heterocycles. The van der Waals surface area contributed by atoms with Gasteiger partial charge in [0.1, 0.15) is 13.2 Å². The molecule has 1 saturated carbocycles. The number of hydrogen-bond donors (Lipinski definition) is 0. The van der Waals surface area contributed by atoms with Crippen molar-refractivity contribution in [3.63, 3.8) is 0 Å². The Morgan fingerprint density at radius 2 is 2.00 bits per heavy atom. The van der Waals surface area contributed by atoms with Gasteiger partial charge in [-0.25, -0.2) is 0 Å². The van der Waals surface area contributed by atoms with Crippen LogP contribution in [0, 0.1) is 11.3 Å². The maximum Gasteiger partial charge on any atom is 0.175 e. The number of nitriles is 1. The van der Waals surface area contributed by atoms with Crippen LogP contribution in [0.1, 0.15) is 18.4 Å². The average Bonchev–Trinajstić information content (AvgIpc) is 3.10. The van der Waals surface area contributed by atoms with Crippen molar-refractivity contribution in [3.8, 4) is 17.6 Å². The SMILES string of the molecule is N#CC1(c2cc(Br)c3c(c2)OCCO3)CC1. The van der Waals surface area contributed by atoms with E-state index < -0.39 is 0 Å². The number of ether oxygens (including phenoxy) is 2. The Hall–Kier alpha value is -1.21. The van der Waals surface area contributed by atoms with Crippen LogP contribution in [0.25, 0.3) is 0 Å². The summed E-state index contributed by atoms with van der Waals surface area (Å²) in [6, 6.07) is 6.30. The first-order chi connectivity index (χ1) is 7.75. The Balaban J connectivity index is 2.09. The Bertz CT molecular complexity index is 489. The summed E-state index contributed by atoms with van der Waals surface area (Å²) in [4.78, 5) is 0. The maximum atomic E-state index is 9.17. The molecule has 4 heteroatoms. The Morgan fingerprint density at radius 1 is 1.25 bits per heavy atom. The summed E-state index contributed by atoms with van der Waals surface area (Å²) >= 11 is 3.47. The molecule has 0 atom stereocenters. The van der Waals surface area contributed by atoms with Crippen LogP contribution in [-0.2, 0) is 5.41 Å². The molecule has 1 aliphatic carbocycles. The molecule has 0 amide bonds. The van der Waals surface area contributed by atoms with Crippen molar-refractivity contribution in [1.82, 2.24) is 0 Å². The molecule has 1 aliphatic heterocycles. The van der Waals surface area contributed by atoms with E-state index in [-0.39, 0.29) is 5.41 Å². The monoisotopic (exact) mass is 279 g/mol. The highest BCUT2D eigenvalue weighted by Gasteiger charge is 2.45. The zero-order valence-electron chi connectivity index (χ0n) is 8.62. The van der Waals surface area contributed by atoms with E-state index in [1.54, 1.807) is 0 Å². The Morgan fingerprint density at radius 3 is 2.69 bits per heavy atom. The number of fused-ring (bicyclic) bond motifs is 1. The summed E-state index contributed by atoms with van der Waals surface area (Å²) in [7, 11) is 0. The largest absolute Gasteiger partial charge is 0.486 e. The van der Waals surface area contributed by atoms with Crippen LogP contribution >= 0.6 is 15.9 Å². The van der Waals surface area contributed by atoms with Gasteiger partial charge in [0.15, 0.2) is 11.5 Å². The van der Waals surface area contributed by atoms with Crippen molar-refractivity contribution in [3.05, 3.63) is 22.2 Å². The zero-order valence-corrected chi connectivity index (χ0v) is 10.2. The first-order valence-corrected chi connectivity index (χ1v) is 6.05. The van der Waals surface area contributed by atoms with Crippen LogP contribution in [0.4, 0.5) is 0 Å². The third-order valence-electron chi connectivity index (χ3n) is 3.11. The molecule has 1 aromatic carbocycles. The summed E-state index contributed by atoms with van der Waals surface area (Å²) in [6.45, 7) is 1.15. The van der Waals surface area contributed by atoms with Crippen LogP contribution in [0.5, 0.6) is 11.5 Å². The van der Waals surface area contributed by atoms with Crippen LogP contribution < -0.4 is 9.47 Å². The van der Waals surface area contributed by atoms with Gasteiger partial charge < -0.3 is 9.47 Å². The molecular formula is C12H10BrNO2. The predicted molar refractivity (Wildman–Crippen MR) is 61.7 cm³/mol. The van der Waals surface area contributed by atoms with Gasteiger partial charge in [-0.3, -0.25) is 0 Å². The maximum absolute atomic E-state index is 9.17. The Kier molecular flexibility index (Phi) is 2.11. The van der Waals surface area contributed by atoms with Crippen molar-refractivity contribution in [2.24, 2.45) is 0 Å². The molecule has 82 valence electrons. The van der Waals surface area contributed by atoms with Crippen molar-refractivity contribution in [1.29, 1.82) is 5.26 Å². The van der Waals surface area contributed by atoms with E-state index in [0.29, 0.717) is 13.2 Å². The Labute approximate surface area is 102 Å². The fourth-order valence-electron chi connectivity index (χ4n) is 1.98. The van der Waals surface area contributed by atoms with E-state index in [0.717, 1.165) is 34.4 Å². The second kappa shape index (κ2) is 3.39. The number of halogens is 1. The van der Waals surface area contributed by atoms with Gasteiger partial charge in [0.05, 0.1) is 16.0 Å². The second-order valence-corrected chi connectivity index (χ2v) is 5.03. The molecule has 16 heavy (non-hydrogen) atoms. The van der Waals surface area contributed by atoms with Gasteiger partial charge in [-0.2, -0.15) is 5.26 Å². The molecule has 0 spiro atoms. The van der Waals surface area contributed by atoms with Gasteiger partial charge in [0.2, 0.25) is 0 Å². The lowest BCUT2D eigenvalue weighted by atomic mass is 9.97. The fourth-order valence-corrected chi connectivity index (χ4v) is 2.53. The van der Waals surface area contributed by atoms with Crippen molar-refractivity contribution >= 4 is 15.9 Å². The second-order valence-electron chi connectivity index (χ2n) is 4.18. The molecule has 0 bridgehead atoms. The molecule has 1 aromatic rings. The molecule has 0 saturated heterocycles. The lowest BCUT2D eigenvalue weighted by Crippen LogP contribution is -2.16. The average molecular weight is 280 g/mol. The number of benzene rings is 1. The van der Waals surface area contributed by atoms with Gasteiger partial charge in [-0.05, 0) is 46.5 Å². The number of nitrogens with zero attached hydrogens (tertiary/aromatic N) is 1. The van der Waals surface area contributed by atoms with E-state index in [4.69, 9.17) is 14.7 Å². The fraction of sp³-hybridized carbons (Fsp3) is 0.417. The first kappa shape index (κ1) is 9.98. The minimum Gasteiger partial charge on any atom is -0.486 e. The van der Waals surface area contributed by atoms with Crippen LogP contribution in [0.15, 0.2) is 16.6 Å². The predicted octanol–water partition coefficient (Wildman–Crippen LogP) is 2.78. The van der Waals surface area contributed by atoms with E-state index >= 15 is 0 Å². The van der Waals surface area contributed by atoms with Crippen molar-refractivity contribution in [2.45, 2.75) is 18.3 Å². The van der Waals surface area contributed by atoms with Gasteiger partial charge in [-0.15, -0.1) is 0 Å². The highest BCUT2D eigenvalue weighted by atomic mass is 79.9. The number of rotatable bonds is 1. The van der Waals surface area contributed by atoms with E-state index in [2.05, 4.69) is 22.0 Å². The molecule has 3 nitrogen and oxygen atoms in total. The molecule has 0 radical (unpaired) electrons. The van der Waals surface area contributed by atoms with Crippen molar-refractivity contribution < 1.29 is 9.47 Å². The summed E-state index contributed by atoms with van der Waals surface area (Å²) < 4.78 is 11.9. The minimum absolute atomic E-state index is 0.279. The lowest BCUT2D eigenvalue weighted by molar-refractivity contribution is 0.170. The standard InChI is InChI=1S/C12H10BrNO2/c13-9-5-8(12(7-14)1-2-12)6-10-11(9)16-4-3-15-10/h5-6H,1-4H2. The smallest absolute Gasteiger partial charge is 0.175 e. The molecule has 0 aromatic heterocycles. The summed E-state index contributed by atoms with van der Waals surface area (Å²) in [5.41, 5.74) is 0.754. The molecule has 2 aliphatic rings. The van der Waals surface area contributed by atoms with Crippen molar-refractivity contribution in [2.75, 3.05) is 13.2 Å². The molecule has 3 rings (SSSR count). The van der Waals surface area contributed by atoms with Crippen LogP contribution in [-0.4, -0.2) is 13.2 Å². The van der Waals surface area contributed by atoms with E-state index in [1.165, 1.54) is 0 Å². The molecule has 1 fully saturated rings. The molecule has 0 N–H and O–H groups in total. The normalized spacial score (nSPS) is 20.0. The molecular weight excluding hydrogens is 270 g/mol. The van der Waals surface area contributed by atoms with Gasteiger partial charge in [0, 0.05) is 0 Å². The third-order valence-corrected chi connectivity index (χ3v) is 3.70. The number of hydrogen-bond acceptors (Lipinski definition) is 3. The first-order valence-electron chi connectivity index (χ1n) is 5.26. The zero-order chi connectivity index (χ0) is 11.2. The van der Waals surface area contributed by atoms with Crippen LogP contribution in [0.3, 0.4) is 0 Å². The minimum atomic E-state index is -0.279. The van der Waals surface area contributed by atoms with E-state index in [9.17, 15) is 0 Å². The third kappa shape index (κ3) is 1.39.